The van der Waals surface area contributed by atoms with E-state index in [1.807, 2.05) is 0 Å². The summed E-state index contributed by atoms with van der Waals surface area (Å²) in [7, 11) is 0. The van der Waals surface area contributed by atoms with E-state index >= 15 is 0 Å². The van der Waals surface area contributed by atoms with Gasteiger partial charge in [-0.2, -0.15) is 0 Å². The molecule has 0 bridgehead atoms. The summed E-state index contributed by atoms with van der Waals surface area (Å²) in [5.74, 6) is 0. The highest BCUT2D eigenvalue weighted by molar-refractivity contribution is 5.61. The number of alkyl halides is 1. The molecule has 4 atom stereocenters. The van der Waals surface area contributed by atoms with Crippen LogP contribution in [0.3, 0.4) is 0 Å². The van der Waals surface area contributed by atoms with Crippen LogP contribution in [-0.2, 0) is 4.74 Å². The van der Waals surface area contributed by atoms with E-state index in [2.05, 4.69) is 4.99 Å². The van der Waals surface area contributed by atoms with Crippen molar-refractivity contribution in [3.8, 4) is 0 Å². The van der Waals surface area contributed by atoms with Crippen LogP contribution in [0.25, 0.3) is 0 Å². The largest absolute Gasteiger partial charge is 0.373 e. The lowest BCUT2D eigenvalue weighted by Gasteiger charge is -2.51. The van der Waals surface area contributed by atoms with Crippen LogP contribution < -0.4 is 0 Å². The van der Waals surface area contributed by atoms with Crippen LogP contribution >= 0.6 is 0 Å². The molecule has 3 rings (SSSR count). The van der Waals surface area contributed by atoms with Gasteiger partial charge >= 0.3 is 0 Å². The highest BCUT2D eigenvalue weighted by Crippen LogP contribution is 2.37. The van der Waals surface area contributed by atoms with E-state index in [9.17, 15) is 4.39 Å². The molecule has 0 aromatic rings. The maximum Gasteiger partial charge on any atom is 0.116 e. The lowest BCUT2D eigenvalue weighted by atomic mass is 9.84. The number of hydrogen-bond donors (Lipinski definition) is 0. The Labute approximate surface area is 97.8 Å². The van der Waals surface area contributed by atoms with Gasteiger partial charge in [0, 0.05) is 52.1 Å². The summed E-state index contributed by atoms with van der Waals surface area (Å²) in [4.78, 5) is 5.60. The molecule has 0 radical (unpaired) electrons. The van der Waals surface area contributed by atoms with E-state index in [-0.39, 0.29) is 6.54 Å². The molecule has 4 unspecified atom stereocenters. The Kier molecular flexibility index (Phi) is 2.05. The lowest BCUT2D eigenvalue weighted by molar-refractivity contribution is -0.191. The molecule has 4 heteroatoms. The SMILES string of the molecule is [2H]C1C=NC=CC1([2H])N1CC(F)CC2(CCO2)C1. The Bertz CT molecular complexity index is 400. The van der Waals surface area contributed by atoms with Crippen LogP contribution in [-0.4, -0.2) is 48.6 Å². The standard InChI is InChI=1S/C12H17FN2O/c13-10-7-12(3-6-16-12)9-15(8-10)11-1-4-14-5-2-11/h1,4-5,10-11H,2-3,6-9H2/i2D,11D. The van der Waals surface area contributed by atoms with Crippen molar-refractivity contribution in [1.29, 1.82) is 0 Å². The van der Waals surface area contributed by atoms with Crippen molar-refractivity contribution in [2.75, 3.05) is 19.7 Å². The van der Waals surface area contributed by atoms with Crippen LogP contribution in [0.4, 0.5) is 4.39 Å². The Morgan fingerprint density at radius 3 is 3.25 bits per heavy atom. The number of ether oxygens (including phenoxy) is 1. The molecular weight excluding hydrogens is 207 g/mol. The number of aliphatic imine (C=N–C) groups is 1. The van der Waals surface area contributed by atoms with E-state index in [0.29, 0.717) is 19.6 Å². The van der Waals surface area contributed by atoms with E-state index in [4.69, 9.17) is 7.48 Å². The van der Waals surface area contributed by atoms with Gasteiger partial charge in [-0.05, 0) is 6.08 Å². The first kappa shape index (κ1) is 8.37. The van der Waals surface area contributed by atoms with Crippen molar-refractivity contribution >= 4 is 6.21 Å². The fraction of sp³-hybridized carbons (Fsp3) is 0.750. The highest BCUT2D eigenvalue weighted by atomic mass is 19.1. The number of nitrogens with zero attached hydrogens (tertiary/aromatic N) is 2. The Hall–Kier alpha value is -0.740. The Morgan fingerprint density at radius 1 is 1.69 bits per heavy atom. The summed E-state index contributed by atoms with van der Waals surface area (Å²) >= 11 is 0. The van der Waals surface area contributed by atoms with E-state index in [1.54, 1.807) is 11.0 Å². The monoisotopic (exact) mass is 226 g/mol. The van der Waals surface area contributed by atoms with Crippen molar-refractivity contribution in [2.24, 2.45) is 4.99 Å². The van der Waals surface area contributed by atoms with Gasteiger partial charge < -0.3 is 4.74 Å². The van der Waals surface area contributed by atoms with Gasteiger partial charge in [-0.25, -0.2) is 4.39 Å². The fourth-order valence-electron chi connectivity index (χ4n) is 2.61. The maximum atomic E-state index is 13.9. The Morgan fingerprint density at radius 2 is 2.56 bits per heavy atom. The number of rotatable bonds is 1. The Balaban J connectivity index is 1.82. The lowest BCUT2D eigenvalue weighted by Crippen LogP contribution is -2.61. The number of piperidine rings is 1. The fourth-order valence-corrected chi connectivity index (χ4v) is 2.61. The van der Waals surface area contributed by atoms with Gasteiger partial charge in [0.1, 0.15) is 6.17 Å². The molecule has 88 valence electrons. The second kappa shape index (κ2) is 3.93. The molecule has 2 saturated heterocycles. The average Bonchev–Trinajstić information content (AvgIpc) is 2.30. The van der Waals surface area contributed by atoms with Crippen LogP contribution in [0.1, 0.15) is 22.0 Å². The van der Waals surface area contributed by atoms with E-state index in [0.717, 1.165) is 6.42 Å². The zero-order valence-corrected chi connectivity index (χ0v) is 9.10. The second-order valence-corrected chi connectivity index (χ2v) is 4.67. The first-order valence-electron chi connectivity index (χ1n) is 6.78. The van der Waals surface area contributed by atoms with Gasteiger partial charge in [0.2, 0.25) is 0 Å². The molecule has 0 amide bonds. The summed E-state index contributed by atoms with van der Waals surface area (Å²) in [5.41, 5.74) is -0.423. The maximum absolute atomic E-state index is 13.9. The predicted octanol–water partition coefficient (Wildman–Crippen LogP) is 1.55. The third-order valence-corrected chi connectivity index (χ3v) is 3.48. The zero-order valence-electron chi connectivity index (χ0n) is 11.1. The summed E-state index contributed by atoms with van der Waals surface area (Å²) < 4.78 is 35.8. The zero-order chi connectivity index (χ0) is 12.8. The predicted molar refractivity (Wildman–Crippen MR) is 60.4 cm³/mol. The molecule has 3 aliphatic heterocycles. The quantitative estimate of drug-likeness (QED) is 0.677. The van der Waals surface area contributed by atoms with Crippen molar-refractivity contribution in [2.45, 2.75) is 37.0 Å². The van der Waals surface area contributed by atoms with Crippen molar-refractivity contribution in [3.05, 3.63) is 12.3 Å². The van der Waals surface area contributed by atoms with Crippen LogP contribution in [0, 0.1) is 0 Å². The normalized spacial score (nSPS) is 54.6. The van der Waals surface area contributed by atoms with Crippen molar-refractivity contribution < 1.29 is 11.9 Å². The van der Waals surface area contributed by atoms with Crippen molar-refractivity contribution in [3.63, 3.8) is 0 Å². The number of likely N-dealkylation sites (tertiary alicyclic amines) is 1. The van der Waals surface area contributed by atoms with Gasteiger partial charge in [-0.15, -0.1) is 0 Å². The average molecular weight is 226 g/mol. The number of halogens is 1. The van der Waals surface area contributed by atoms with Gasteiger partial charge in [-0.1, -0.05) is 0 Å². The molecular formula is C12H17FN2O. The highest BCUT2D eigenvalue weighted by Gasteiger charge is 2.46. The van der Waals surface area contributed by atoms with Crippen LogP contribution in [0.15, 0.2) is 17.3 Å². The topological polar surface area (TPSA) is 24.8 Å². The minimum Gasteiger partial charge on any atom is -0.373 e. The third-order valence-electron chi connectivity index (χ3n) is 3.48. The summed E-state index contributed by atoms with van der Waals surface area (Å²) in [5, 5.41) is 0. The minimum absolute atomic E-state index is 0.197. The smallest absolute Gasteiger partial charge is 0.116 e. The van der Waals surface area contributed by atoms with Gasteiger partial charge in [0.15, 0.2) is 0 Å². The summed E-state index contributed by atoms with van der Waals surface area (Å²) in [6.07, 6.45) is 4.03. The summed E-state index contributed by atoms with van der Waals surface area (Å²) in [6.45, 7) is 1.40. The van der Waals surface area contributed by atoms with Gasteiger partial charge in [0.05, 0.1) is 13.6 Å². The molecule has 0 aliphatic carbocycles. The molecule has 1 spiro atoms. The molecule has 0 saturated carbocycles. The van der Waals surface area contributed by atoms with Crippen molar-refractivity contribution in [1.82, 2.24) is 4.90 Å². The molecule has 3 nitrogen and oxygen atoms in total. The molecule has 3 heterocycles. The third kappa shape index (κ3) is 1.80. The molecule has 3 aliphatic rings. The summed E-state index contributed by atoms with van der Waals surface area (Å²) in [6, 6.07) is -1.22. The first-order valence-corrected chi connectivity index (χ1v) is 5.70. The van der Waals surface area contributed by atoms with Crippen LogP contribution in [0.2, 0.25) is 0 Å². The molecule has 2 fully saturated rings. The van der Waals surface area contributed by atoms with E-state index in [1.165, 1.54) is 12.4 Å². The second-order valence-electron chi connectivity index (χ2n) is 4.67. The van der Waals surface area contributed by atoms with Gasteiger partial charge in [0.25, 0.3) is 0 Å². The van der Waals surface area contributed by atoms with Crippen LogP contribution in [0.5, 0.6) is 0 Å². The van der Waals surface area contributed by atoms with E-state index < -0.39 is 24.2 Å². The minimum atomic E-state index is -1.22. The molecule has 16 heavy (non-hydrogen) atoms. The number of hydrogen-bond acceptors (Lipinski definition) is 3. The molecule has 0 N–H and O–H groups in total. The molecule has 0 aromatic heterocycles. The van der Waals surface area contributed by atoms with Gasteiger partial charge in [-0.3, -0.25) is 9.89 Å². The molecule has 0 aromatic carbocycles. The first-order chi connectivity index (χ1) is 8.54.